The van der Waals surface area contributed by atoms with Gasteiger partial charge in [-0.3, -0.25) is 4.68 Å². The average Bonchev–Trinajstić information content (AvgIpc) is 2.93. The van der Waals surface area contributed by atoms with Crippen LogP contribution in [0.1, 0.15) is 12.0 Å². The molecule has 0 aliphatic heterocycles. The van der Waals surface area contributed by atoms with Crippen LogP contribution in [0.2, 0.25) is 0 Å². The Morgan fingerprint density at radius 3 is 2.74 bits per heavy atom. The minimum absolute atomic E-state index is 0.631. The first-order valence-corrected chi connectivity index (χ1v) is 8.69. The van der Waals surface area contributed by atoms with Crippen LogP contribution in [0.25, 0.3) is 0 Å². The molecule has 5 nitrogen and oxygen atoms in total. The summed E-state index contributed by atoms with van der Waals surface area (Å²) in [5, 5.41) is 11.4. The topological polar surface area (TPSA) is 45.1 Å². The lowest BCUT2D eigenvalue weighted by Crippen LogP contribution is -2.30. The van der Waals surface area contributed by atoms with E-state index in [1.165, 1.54) is 5.56 Å². The maximum atomic E-state index is 5.29. The van der Waals surface area contributed by atoms with Gasteiger partial charge in [-0.1, -0.05) is 28.1 Å². The average molecular weight is 396 g/mol. The number of halogens is 1. The number of thiocarbonyl (C=S) groups is 1. The molecule has 0 saturated carbocycles. The second kappa shape index (κ2) is 9.00. The van der Waals surface area contributed by atoms with Gasteiger partial charge >= 0.3 is 0 Å². The normalized spacial score (nSPS) is 10.8. The van der Waals surface area contributed by atoms with E-state index in [4.69, 9.17) is 12.2 Å². The maximum Gasteiger partial charge on any atom is 0.170 e. The Morgan fingerprint density at radius 2 is 2.04 bits per heavy atom. The predicted octanol–water partition coefficient (Wildman–Crippen LogP) is 2.93. The highest BCUT2D eigenvalue weighted by Crippen LogP contribution is 2.12. The molecule has 0 unspecified atom stereocenters. The van der Waals surface area contributed by atoms with Crippen molar-refractivity contribution in [3.8, 4) is 0 Å². The molecule has 2 aromatic rings. The van der Waals surface area contributed by atoms with Crippen LogP contribution in [0, 0.1) is 0 Å². The van der Waals surface area contributed by atoms with E-state index in [1.54, 1.807) is 6.20 Å². The first-order chi connectivity index (χ1) is 11.0. The van der Waals surface area contributed by atoms with Gasteiger partial charge in [-0.05, 0) is 57.0 Å². The van der Waals surface area contributed by atoms with Crippen molar-refractivity contribution in [1.82, 2.24) is 20.0 Å². The Bertz CT molecular complexity index is 624. The van der Waals surface area contributed by atoms with E-state index in [1.807, 2.05) is 23.0 Å². The fraction of sp³-hybridized carbons (Fsp3) is 0.375. The van der Waals surface area contributed by atoms with Crippen molar-refractivity contribution < 1.29 is 0 Å². The number of hydrogen-bond donors (Lipinski definition) is 2. The molecule has 0 fully saturated rings. The number of anilines is 1. The van der Waals surface area contributed by atoms with Crippen molar-refractivity contribution in [2.75, 3.05) is 32.5 Å². The standard InChI is InChI=1S/C16H22BrN5S/c1-21(2)9-3-8-18-16(23)20-15-10-19-22(12-15)11-13-4-6-14(17)7-5-13/h4-7,10,12H,3,8-9,11H2,1-2H3,(H2,18,20,23). The van der Waals surface area contributed by atoms with Crippen LogP contribution in [0.3, 0.4) is 0 Å². The minimum atomic E-state index is 0.631. The summed E-state index contributed by atoms with van der Waals surface area (Å²) in [6.07, 6.45) is 4.79. The summed E-state index contributed by atoms with van der Waals surface area (Å²) >= 11 is 8.73. The van der Waals surface area contributed by atoms with Crippen LogP contribution < -0.4 is 10.6 Å². The maximum absolute atomic E-state index is 5.29. The lowest BCUT2D eigenvalue weighted by molar-refractivity contribution is 0.400. The van der Waals surface area contributed by atoms with Crippen LogP contribution in [-0.4, -0.2) is 47.0 Å². The molecule has 124 valence electrons. The van der Waals surface area contributed by atoms with Gasteiger partial charge in [0.15, 0.2) is 5.11 Å². The van der Waals surface area contributed by atoms with Crippen molar-refractivity contribution in [3.05, 3.63) is 46.7 Å². The van der Waals surface area contributed by atoms with Crippen molar-refractivity contribution in [2.45, 2.75) is 13.0 Å². The number of hydrogen-bond acceptors (Lipinski definition) is 3. The highest BCUT2D eigenvalue weighted by atomic mass is 79.9. The molecule has 1 aromatic carbocycles. The molecular formula is C16H22BrN5S. The minimum Gasteiger partial charge on any atom is -0.362 e. The monoisotopic (exact) mass is 395 g/mol. The number of benzene rings is 1. The van der Waals surface area contributed by atoms with Crippen molar-refractivity contribution in [2.24, 2.45) is 0 Å². The molecule has 0 aliphatic carbocycles. The van der Waals surface area contributed by atoms with Gasteiger partial charge in [0.1, 0.15) is 0 Å². The zero-order chi connectivity index (χ0) is 16.7. The van der Waals surface area contributed by atoms with Crippen LogP contribution >= 0.6 is 28.1 Å². The van der Waals surface area contributed by atoms with Crippen LogP contribution in [0.5, 0.6) is 0 Å². The Morgan fingerprint density at radius 1 is 1.30 bits per heavy atom. The molecule has 0 atom stereocenters. The van der Waals surface area contributed by atoms with Crippen molar-refractivity contribution in [1.29, 1.82) is 0 Å². The molecule has 0 radical (unpaired) electrons. The quantitative estimate of drug-likeness (QED) is 0.557. The second-order valence-corrected chi connectivity index (χ2v) is 6.91. The Balaban J connectivity index is 1.77. The molecule has 1 aromatic heterocycles. The number of aromatic nitrogens is 2. The third kappa shape index (κ3) is 6.68. The van der Waals surface area contributed by atoms with E-state index in [0.29, 0.717) is 5.11 Å². The largest absolute Gasteiger partial charge is 0.362 e. The lowest BCUT2D eigenvalue weighted by atomic mass is 10.2. The van der Waals surface area contributed by atoms with Crippen LogP contribution in [-0.2, 0) is 6.54 Å². The molecule has 1 heterocycles. The van der Waals surface area contributed by atoms with Gasteiger partial charge in [-0.2, -0.15) is 5.10 Å². The van der Waals surface area contributed by atoms with Crippen molar-refractivity contribution >= 4 is 38.9 Å². The molecule has 2 N–H and O–H groups in total. The highest BCUT2D eigenvalue weighted by molar-refractivity contribution is 9.10. The van der Waals surface area contributed by atoms with Crippen LogP contribution in [0.15, 0.2) is 41.1 Å². The van der Waals surface area contributed by atoms with Gasteiger partial charge in [0.05, 0.1) is 18.4 Å². The number of nitrogens with one attached hydrogen (secondary N) is 2. The molecule has 0 spiro atoms. The van der Waals surface area contributed by atoms with E-state index in [-0.39, 0.29) is 0 Å². The van der Waals surface area contributed by atoms with E-state index in [0.717, 1.165) is 36.2 Å². The molecule has 0 bridgehead atoms. The van der Waals surface area contributed by atoms with E-state index in [9.17, 15) is 0 Å². The summed E-state index contributed by atoms with van der Waals surface area (Å²) in [5.74, 6) is 0. The second-order valence-electron chi connectivity index (χ2n) is 5.59. The third-order valence-corrected chi connectivity index (χ3v) is 3.99. The van der Waals surface area contributed by atoms with Gasteiger partial charge in [-0.25, -0.2) is 0 Å². The molecule has 0 aliphatic rings. The van der Waals surface area contributed by atoms with E-state index >= 15 is 0 Å². The SMILES string of the molecule is CN(C)CCCNC(=S)Nc1cnn(Cc2ccc(Br)cc2)c1. The van der Waals surface area contributed by atoms with Gasteiger partial charge in [-0.15, -0.1) is 0 Å². The summed E-state index contributed by atoms with van der Waals surface area (Å²) in [6, 6.07) is 8.22. The summed E-state index contributed by atoms with van der Waals surface area (Å²) in [6.45, 7) is 2.63. The molecule has 2 rings (SSSR count). The van der Waals surface area contributed by atoms with Gasteiger partial charge < -0.3 is 15.5 Å². The fourth-order valence-corrected chi connectivity index (χ4v) is 2.55. The third-order valence-electron chi connectivity index (χ3n) is 3.22. The lowest BCUT2D eigenvalue weighted by Gasteiger charge is -2.11. The zero-order valence-electron chi connectivity index (χ0n) is 13.4. The molecule has 7 heteroatoms. The molecule has 0 amide bonds. The molecular weight excluding hydrogens is 374 g/mol. The summed E-state index contributed by atoms with van der Waals surface area (Å²) in [7, 11) is 4.13. The van der Waals surface area contributed by atoms with Gasteiger partial charge in [0.25, 0.3) is 0 Å². The van der Waals surface area contributed by atoms with E-state index in [2.05, 4.69) is 62.8 Å². The fourth-order valence-electron chi connectivity index (χ4n) is 2.06. The van der Waals surface area contributed by atoms with E-state index < -0.39 is 0 Å². The van der Waals surface area contributed by atoms with Gasteiger partial charge in [0, 0.05) is 17.2 Å². The smallest absolute Gasteiger partial charge is 0.170 e. The number of nitrogens with zero attached hydrogens (tertiary/aromatic N) is 3. The Labute approximate surface area is 151 Å². The van der Waals surface area contributed by atoms with Crippen molar-refractivity contribution in [3.63, 3.8) is 0 Å². The first kappa shape index (κ1) is 17.9. The summed E-state index contributed by atoms with van der Waals surface area (Å²) < 4.78 is 2.97. The summed E-state index contributed by atoms with van der Waals surface area (Å²) in [5.41, 5.74) is 2.10. The summed E-state index contributed by atoms with van der Waals surface area (Å²) in [4.78, 5) is 2.16. The Kier molecular flexibility index (Phi) is 7.01. The predicted molar refractivity (Wildman–Crippen MR) is 103 cm³/mol. The van der Waals surface area contributed by atoms with Crippen LogP contribution in [0.4, 0.5) is 5.69 Å². The highest BCUT2D eigenvalue weighted by Gasteiger charge is 2.02. The first-order valence-electron chi connectivity index (χ1n) is 7.49. The molecule has 23 heavy (non-hydrogen) atoms. The van der Waals surface area contributed by atoms with Gasteiger partial charge in [0.2, 0.25) is 0 Å². The zero-order valence-corrected chi connectivity index (χ0v) is 15.8. The number of rotatable bonds is 7. The molecule has 0 saturated heterocycles. The Hall–Kier alpha value is -1.44.